The smallest absolute Gasteiger partial charge is 0.316 e. The topological polar surface area (TPSA) is 71.3 Å². The van der Waals surface area contributed by atoms with Gasteiger partial charge in [0.05, 0.1) is 6.20 Å². The van der Waals surface area contributed by atoms with E-state index in [-0.39, 0.29) is 6.03 Å². The van der Waals surface area contributed by atoms with Gasteiger partial charge in [0.1, 0.15) is 6.04 Å². The molecule has 84 valence electrons. The van der Waals surface area contributed by atoms with E-state index in [0.29, 0.717) is 11.9 Å². The molecule has 16 heavy (non-hydrogen) atoms. The average molecular weight is 220 g/mol. The van der Waals surface area contributed by atoms with Crippen LogP contribution in [0.4, 0.5) is 16.4 Å². The molecule has 1 fully saturated rings. The van der Waals surface area contributed by atoms with E-state index in [9.17, 15) is 4.79 Å². The van der Waals surface area contributed by atoms with Gasteiger partial charge in [-0.25, -0.2) is 9.78 Å². The van der Waals surface area contributed by atoms with Crippen LogP contribution in [0.15, 0.2) is 12.4 Å². The molecule has 1 aromatic heterocycles. The van der Waals surface area contributed by atoms with Crippen molar-refractivity contribution in [2.24, 2.45) is 0 Å². The van der Waals surface area contributed by atoms with Gasteiger partial charge in [0, 0.05) is 32.1 Å². The van der Waals surface area contributed by atoms with Crippen molar-refractivity contribution >= 4 is 17.7 Å². The zero-order chi connectivity index (χ0) is 11.0. The number of aromatic nitrogens is 2. The van der Waals surface area contributed by atoms with Crippen LogP contribution < -0.4 is 15.5 Å². The number of nitrogens with one attached hydrogen (secondary N) is 3. The fourth-order valence-electron chi connectivity index (χ4n) is 2.40. The van der Waals surface area contributed by atoms with Crippen molar-refractivity contribution in [2.45, 2.75) is 18.9 Å². The van der Waals surface area contributed by atoms with Crippen molar-refractivity contribution in [3.8, 4) is 0 Å². The third kappa shape index (κ3) is 1.46. The molecule has 0 saturated carbocycles. The highest BCUT2D eigenvalue weighted by molar-refractivity contribution is 5.90. The number of rotatable bonds is 1. The van der Waals surface area contributed by atoms with Crippen LogP contribution in [0.1, 0.15) is 12.8 Å². The Morgan fingerprint density at radius 3 is 2.81 bits per heavy atom. The van der Waals surface area contributed by atoms with E-state index in [0.717, 1.165) is 36.6 Å². The van der Waals surface area contributed by atoms with Crippen LogP contribution in [-0.4, -0.2) is 35.1 Å². The summed E-state index contributed by atoms with van der Waals surface area (Å²) in [5, 5.41) is 6.07. The molecule has 1 saturated heterocycles. The standard InChI is InChI=1S/C10H13N5O/c16-10-14-8-9(13-6-5-12-8)15(10)7-1-3-11-4-2-7/h5-7,11H,1-4H2,(H,12,14,16)/p+1. The maximum absolute atomic E-state index is 11.9. The molecule has 0 aliphatic carbocycles. The van der Waals surface area contributed by atoms with Gasteiger partial charge in [0.25, 0.3) is 5.82 Å². The van der Waals surface area contributed by atoms with Gasteiger partial charge in [0.2, 0.25) is 5.82 Å². The number of carbonyl (C=O) groups excluding carboxylic acids is 1. The number of urea groups is 1. The Hall–Kier alpha value is -1.53. The van der Waals surface area contributed by atoms with Crippen molar-refractivity contribution in [3.63, 3.8) is 0 Å². The number of carbonyl (C=O) groups is 1. The Morgan fingerprint density at radius 2 is 2.00 bits per heavy atom. The highest BCUT2D eigenvalue weighted by Crippen LogP contribution is 2.16. The van der Waals surface area contributed by atoms with Crippen molar-refractivity contribution in [1.82, 2.24) is 15.3 Å². The van der Waals surface area contributed by atoms with Gasteiger partial charge < -0.3 is 5.32 Å². The summed E-state index contributed by atoms with van der Waals surface area (Å²) in [7, 11) is 0. The molecule has 6 nitrogen and oxygen atoms in total. The van der Waals surface area contributed by atoms with Gasteiger partial charge in [0.15, 0.2) is 0 Å². The first kappa shape index (κ1) is 9.68. The van der Waals surface area contributed by atoms with E-state index in [4.69, 9.17) is 0 Å². The summed E-state index contributed by atoms with van der Waals surface area (Å²) in [5.74, 6) is 1.36. The molecule has 2 amide bonds. The van der Waals surface area contributed by atoms with Gasteiger partial charge in [-0.3, -0.25) is 5.32 Å². The third-order valence-corrected chi connectivity index (χ3v) is 3.18. The lowest BCUT2D eigenvalue weighted by Crippen LogP contribution is -3.13. The molecule has 0 bridgehead atoms. The van der Waals surface area contributed by atoms with E-state index in [1.54, 1.807) is 12.4 Å². The number of piperidine rings is 1. The lowest BCUT2D eigenvalue weighted by Gasteiger charge is -2.25. The zero-order valence-corrected chi connectivity index (χ0v) is 8.86. The monoisotopic (exact) mass is 220 g/mol. The van der Waals surface area contributed by atoms with E-state index in [1.807, 2.05) is 0 Å². The number of fused-ring (bicyclic) bond motifs is 1. The number of amides is 2. The van der Waals surface area contributed by atoms with E-state index >= 15 is 0 Å². The Kier molecular flexibility index (Phi) is 2.30. The van der Waals surface area contributed by atoms with Crippen LogP contribution in [0.5, 0.6) is 0 Å². The maximum atomic E-state index is 11.9. The summed E-state index contributed by atoms with van der Waals surface area (Å²) < 4.78 is 0. The highest BCUT2D eigenvalue weighted by atomic mass is 16.2. The SMILES string of the molecule is O=C1Nc2nccnc2[NH+]1C1CCNCC1. The highest BCUT2D eigenvalue weighted by Gasteiger charge is 2.41. The first-order valence-corrected chi connectivity index (χ1v) is 5.56. The molecule has 1 aromatic rings. The number of hydrogen-bond donors (Lipinski definition) is 3. The minimum Gasteiger partial charge on any atom is -0.316 e. The summed E-state index contributed by atoms with van der Waals surface area (Å²) in [4.78, 5) is 21.1. The number of quaternary nitrogens is 1. The largest absolute Gasteiger partial charge is 0.427 e. The Morgan fingerprint density at radius 1 is 1.25 bits per heavy atom. The van der Waals surface area contributed by atoms with Crippen molar-refractivity contribution in [3.05, 3.63) is 12.4 Å². The molecular weight excluding hydrogens is 206 g/mol. The number of anilines is 1. The van der Waals surface area contributed by atoms with Gasteiger partial charge >= 0.3 is 6.03 Å². The molecular formula is C10H14N5O+. The second kappa shape index (κ2) is 3.80. The fourth-order valence-corrected chi connectivity index (χ4v) is 2.40. The second-order valence-electron chi connectivity index (χ2n) is 4.15. The Bertz CT molecular complexity index is 415. The normalized spacial score (nSPS) is 25.2. The molecule has 2 aliphatic rings. The second-order valence-corrected chi connectivity index (χ2v) is 4.15. The summed E-state index contributed by atoms with van der Waals surface area (Å²) >= 11 is 0. The van der Waals surface area contributed by atoms with Gasteiger partial charge in [-0.15, -0.1) is 0 Å². The minimum absolute atomic E-state index is 0.0203. The van der Waals surface area contributed by atoms with Gasteiger partial charge in [-0.05, 0) is 0 Å². The predicted octanol–water partition coefficient (Wildman–Crippen LogP) is -0.710. The molecule has 0 radical (unpaired) electrons. The summed E-state index contributed by atoms with van der Waals surface area (Å²) in [6, 6.07) is 0.298. The average Bonchev–Trinajstić information content (AvgIpc) is 2.66. The predicted molar refractivity (Wildman–Crippen MR) is 57.6 cm³/mol. The first-order chi connectivity index (χ1) is 7.86. The van der Waals surface area contributed by atoms with Crippen molar-refractivity contribution < 1.29 is 9.69 Å². The summed E-state index contributed by atoms with van der Waals surface area (Å²) in [6.07, 6.45) is 5.24. The lowest BCUT2D eigenvalue weighted by atomic mass is 10.1. The molecule has 1 unspecified atom stereocenters. The summed E-state index contributed by atoms with van der Waals surface area (Å²) in [5.41, 5.74) is 0. The molecule has 3 heterocycles. The van der Waals surface area contributed by atoms with Crippen LogP contribution >= 0.6 is 0 Å². The minimum atomic E-state index is -0.0203. The molecule has 1 atom stereocenters. The number of hydrogen-bond acceptors (Lipinski definition) is 4. The van der Waals surface area contributed by atoms with E-state index < -0.39 is 0 Å². The van der Waals surface area contributed by atoms with Crippen LogP contribution in [0, 0.1) is 0 Å². The van der Waals surface area contributed by atoms with Crippen LogP contribution in [0.3, 0.4) is 0 Å². The number of nitrogens with zero attached hydrogens (tertiary/aromatic N) is 2. The molecule has 3 N–H and O–H groups in total. The third-order valence-electron chi connectivity index (χ3n) is 3.18. The van der Waals surface area contributed by atoms with Gasteiger partial charge in [-0.2, -0.15) is 9.88 Å². The fraction of sp³-hybridized carbons (Fsp3) is 0.500. The van der Waals surface area contributed by atoms with Crippen molar-refractivity contribution in [1.29, 1.82) is 0 Å². The Balaban J connectivity index is 1.92. The van der Waals surface area contributed by atoms with Crippen LogP contribution in [-0.2, 0) is 0 Å². The molecule has 0 spiro atoms. The first-order valence-electron chi connectivity index (χ1n) is 5.56. The van der Waals surface area contributed by atoms with Crippen LogP contribution in [0.2, 0.25) is 0 Å². The Labute approximate surface area is 93.1 Å². The lowest BCUT2D eigenvalue weighted by molar-refractivity contribution is -0.772. The zero-order valence-electron chi connectivity index (χ0n) is 8.86. The molecule has 6 heteroatoms. The molecule has 2 aliphatic heterocycles. The molecule has 0 aromatic carbocycles. The van der Waals surface area contributed by atoms with E-state index in [2.05, 4.69) is 20.6 Å². The van der Waals surface area contributed by atoms with Crippen molar-refractivity contribution in [2.75, 3.05) is 18.4 Å². The maximum Gasteiger partial charge on any atom is 0.427 e. The summed E-state index contributed by atoms with van der Waals surface area (Å²) in [6.45, 7) is 1.94. The van der Waals surface area contributed by atoms with Crippen LogP contribution in [0.25, 0.3) is 0 Å². The van der Waals surface area contributed by atoms with Gasteiger partial charge in [-0.1, -0.05) is 0 Å². The molecule has 3 rings (SSSR count). The quantitative estimate of drug-likeness (QED) is 0.584. The van der Waals surface area contributed by atoms with E-state index in [1.165, 1.54) is 0 Å².